The molecule has 2 rings (SSSR count). The van der Waals surface area contributed by atoms with E-state index in [1.165, 1.54) is 4.57 Å². The molecule has 2 aromatic heterocycles. The highest BCUT2D eigenvalue weighted by atomic mass is 127. The molecule has 2 aromatic rings. The Labute approximate surface area is 136 Å². The van der Waals surface area contributed by atoms with Crippen molar-refractivity contribution in [1.29, 1.82) is 0 Å². The largest absolute Gasteiger partial charge is 0.331 e. The van der Waals surface area contributed by atoms with E-state index in [9.17, 15) is 9.59 Å². The lowest BCUT2D eigenvalue weighted by Crippen LogP contribution is -2.41. The molecule has 114 valence electrons. The average Bonchev–Trinajstić information content (AvgIpc) is 2.81. The Hall–Kier alpha value is -1.38. The molecule has 0 spiro atoms. The molecular formula is C14H19IN4O2. The first-order valence-electron chi connectivity index (χ1n) is 6.99. The summed E-state index contributed by atoms with van der Waals surface area (Å²) in [5, 5.41) is 4.36. The van der Waals surface area contributed by atoms with Crippen molar-refractivity contribution in [2.75, 3.05) is 0 Å². The fourth-order valence-corrected chi connectivity index (χ4v) is 2.84. The van der Waals surface area contributed by atoms with Gasteiger partial charge in [-0.05, 0) is 41.5 Å². The van der Waals surface area contributed by atoms with Crippen molar-refractivity contribution in [3.63, 3.8) is 0 Å². The van der Waals surface area contributed by atoms with Crippen molar-refractivity contribution in [2.24, 2.45) is 7.05 Å². The monoisotopic (exact) mass is 402 g/mol. The Morgan fingerprint density at radius 1 is 1.29 bits per heavy atom. The molecule has 0 bridgehead atoms. The molecule has 6 nitrogen and oxygen atoms in total. The highest BCUT2D eigenvalue weighted by molar-refractivity contribution is 14.1. The average molecular weight is 402 g/mol. The molecule has 0 aliphatic heterocycles. The zero-order valence-corrected chi connectivity index (χ0v) is 14.6. The Bertz CT molecular complexity index is 757. The maximum atomic E-state index is 12.4. The van der Waals surface area contributed by atoms with Crippen molar-refractivity contribution in [3.05, 3.63) is 48.1 Å². The molecular weight excluding hydrogens is 383 g/mol. The van der Waals surface area contributed by atoms with Crippen molar-refractivity contribution in [2.45, 2.75) is 39.8 Å². The lowest BCUT2D eigenvalue weighted by Gasteiger charge is -2.10. The molecule has 0 saturated carbocycles. The van der Waals surface area contributed by atoms with Gasteiger partial charge < -0.3 is 0 Å². The predicted molar refractivity (Wildman–Crippen MR) is 89.7 cm³/mol. The molecule has 7 heteroatoms. The molecule has 0 aromatic carbocycles. The predicted octanol–water partition coefficient (Wildman–Crippen LogP) is 1.37. The standard InChI is InChI=1S/C14H19IN4O2/c1-4-6-18-9-12(15)13(20)19(14(18)21)8-11-7-10(5-2)16-17(11)3/h7,9H,4-6,8H2,1-3H3. The van der Waals surface area contributed by atoms with Crippen LogP contribution in [0.15, 0.2) is 21.9 Å². The summed E-state index contributed by atoms with van der Waals surface area (Å²) in [4.78, 5) is 24.7. The van der Waals surface area contributed by atoms with E-state index in [0.29, 0.717) is 10.1 Å². The SMILES string of the molecule is CCCn1cc(I)c(=O)n(Cc2cc(CC)nn2C)c1=O. The van der Waals surface area contributed by atoms with Gasteiger partial charge in [0.1, 0.15) is 0 Å². The van der Waals surface area contributed by atoms with Gasteiger partial charge in [0.25, 0.3) is 5.56 Å². The van der Waals surface area contributed by atoms with Crippen LogP contribution in [0.3, 0.4) is 0 Å². The lowest BCUT2D eigenvalue weighted by molar-refractivity contribution is 0.551. The normalized spacial score (nSPS) is 11.0. The van der Waals surface area contributed by atoms with Crippen LogP contribution in [0.5, 0.6) is 0 Å². The zero-order chi connectivity index (χ0) is 15.6. The van der Waals surface area contributed by atoms with Crippen molar-refractivity contribution in [3.8, 4) is 0 Å². The van der Waals surface area contributed by atoms with E-state index in [1.54, 1.807) is 15.4 Å². The van der Waals surface area contributed by atoms with E-state index in [-0.39, 0.29) is 17.8 Å². The van der Waals surface area contributed by atoms with Gasteiger partial charge in [0.05, 0.1) is 21.5 Å². The first-order chi connectivity index (χ1) is 9.97. The molecule has 0 aliphatic rings. The number of rotatable bonds is 5. The third kappa shape index (κ3) is 3.28. The number of aryl methyl sites for hydroxylation is 3. The quantitative estimate of drug-likeness (QED) is 0.710. The number of halogens is 1. The first kappa shape index (κ1) is 16.0. The number of hydrogen-bond donors (Lipinski definition) is 0. The molecule has 0 atom stereocenters. The molecule has 0 radical (unpaired) electrons. The molecule has 0 amide bonds. The van der Waals surface area contributed by atoms with Crippen LogP contribution in [0.1, 0.15) is 31.7 Å². The summed E-state index contributed by atoms with van der Waals surface area (Å²) in [7, 11) is 1.83. The Kier molecular flexibility index (Phi) is 5.02. The van der Waals surface area contributed by atoms with Crippen LogP contribution in [-0.4, -0.2) is 18.9 Å². The van der Waals surface area contributed by atoms with Crippen LogP contribution >= 0.6 is 22.6 Å². The van der Waals surface area contributed by atoms with Gasteiger partial charge in [-0.1, -0.05) is 13.8 Å². The van der Waals surface area contributed by atoms with Crippen molar-refractivity contribution >= 4 is 22.6 Å². The van der Waals surface area contributed by atoms with Gasteiger partial charge in [-0.25, -0.2) is 4.79 Å². The van der Waals surface area contributed by atoms with Crippen molar-refractivity contribution < 1.29 is 0 Å². The van der Waals surface area contributed by atoms with E-state index >= 15 is 0 Å². The van der Waals surface area contributed by atoms with Gasteiger partial charge >= 0.3 is 5.69 Å². The van der Waals surface area contributed by atoms with Gasteiger partial charge in [-0.3, -0.25) is 18.6 Å². The molecule has 0 N–H and O–H groups in total. The van der Waals surface area contributed by atoms with Gasteiger partial charge in [0.15, 0.2) is 0 Å². The molecule has 2 heterocycles. The van der Waals surface area contributed by atoms with Crippen LogP contribution in [0.4, 0.5) is 0 Å². The minimum atomic E-state index is -0.262. The summed E-state index contributed by atoms with van der Waals surface area (Å²) in [6.07, 6.45) is 3.31. The minimum Gasteiger partial charge on any atom is -0.299 e. The molecule has 0 saturated heterocycles. The molecule has 0 fully saturated rings. The lowest BCUT2D eigenvalue weighted by atomic mass is 10.3. The number of hydrogen-bond acceptors (Lipinski definition) is 3. The van der Waals surface area contributed by atoms with Gasteiger partial charge in [-0.2, -0.15) is 5.10 Å². The number of nitrogens with zero attached hydrogens (tertiary/aromatic N) is 4. The molecule has 21 heavy (non-hydrogen) atoms. The smallest absolute Gasteiger partial charge is 0.299 e. The Morgan fingerprint density at radius 2 is 2.00 bits per heavy atom. The highest BCUT2D eigenvalue weighted by Crippen LogP contribution is 2.05. The topological polar surface area (TPSA) is 61.8 Å². The zero-order valence-electron chi connectivity index (χ0n) is 12.5. The van der Waals surface area contributed by atoms with E-state index in [0.717, 1.165) is 24.2 Å². The molecule has 0 unspecified atom stereocenters. The van der Waals surface area contributed by atoms with E-state index in [4.69, 9.17) is 0 Å². The van der Waals surface area contributed by atoms with Gasteiger partial charge in [-0.15, -0.1) is 0 Å². The Balaban J connectivity index is 2.50. The first-order valence-corrected chi connectivity index (χ1v) is 8.07. The third-order valence-electron chi connectivity index (χ3n) is 3.37. The molecule has 0 aliphatic carbocycles. The van der Waals surface area contributed by atoms with Crippen LogP contribution in [0, 0.1) is 3.57 Å². The van der Waals surface area contributed by atoms with Gasteiger partial charge in [0, 0.05) is 19.8 Å². The van der Waals surface area contributed by atoms with Crippen LogP contribution in [-0.2, 0) is 26.6 Å². The highest BCUT2D eigenvalue weighted by Gasteiger charge is 2.12. The van der Waals surface area contributed by atoms with E-state index < -0.39 is 0 Å². The fourth-order valence-electron chi connectivity index (χ4n) is 2.21. The summed E-state index contributed by atoms with van der Waals surface area (Å²) in [5.74, 6) is 0. The number of aromatic nitrogens is 4. The second-order valence-electron chi connectivity index (χ2n) is 4.95. The van der Waals surface area contributed by atoms with E-state index in [1.807, 2.05) is 49.6 Å². The summed E-state index contributed by atoms with van der Waals surface area (Å²) in [6.45, 7) is 4.89. The van der Waals surface area contributed by atoms with E-state index in [2.05, 4.69) is 5.10 Å². The summed E-state index contributed by atoms with van der Waals surface area (Å²) < 4.78 is 5.17. The maximum Gasteiger partial charge on any atom is 0.331 e. The second kappa shape index (κ2) is 6.59. The van der Waals surface area contributed by atoms with Crippen LogP contribution < -0.4 is 11.2 Å². The van der Waals surface area contributed by atoms with Crippen LogP contribution in [0.25, 0.3) is 0 Å². The van der Waals surface area contributed by atoms with Gasteiger partial charge in [0.2, 0.25) is 0 Å². The summed E-state index contributed by atoms with van der Waals surface area (Å²) in [5.41, 5.74) is 1.31. The minimum absolute atomic E-state index is 0.243. The van der Waals surface area contributed by atoms with Crippen LogP contribution in [0.2, 0.25) is 0 Å². The summed E-state index contributed by atoms with van der Waals surface area (Å²) >= 11 is 1.98. The summed E-state index contributed by atoms with van der Waals surface area (Å²) in [6, 6.07) is 1.94. The third-order valence-corrected chi connectivity index (χ3v) is 4.11. The Morgan fingerprint density at radius 3 is 2.57 bits per heavy atom. The maximum absolute atomic E-state index is 12.4. The fraction of sp³-hybridized carbons (Fsp3) is 0.500. The second-order valence-corrected chi connectivity index (χ2v) is 6.11. The van der Waals surface area contributed by atoms with Crippen molar-refractivity contribution in [1.82, 2.24) is 18.9 Å².